The van der Waals surface area contributed by atoms with Crippen molar-refractivity contribution in [2.45, 2.75) is 25.2 Å². The fraction of sp³-hybridized carbons (Fsp3) is 0.778. The predicted molar refractivity (Wildman–Crippen MR) is 51.5 cm³/mol. The summed E-state index contributed by atoms with van der Waals surface area (Å²) >= 11 is 5.58. The van der Waals surface area contributed by atoms with E-state index in [2.05, 4.69) is 10.1 Å². The minimum Gasteiger partial charge on any atom is -0.381 e. The van der Waals surface area contributed by atoms with Crippen molar-refractivity contribution in [3.63, 3.8) is 0 Å². The Balaban J connectivity index is 1.94. The number of ether oxygens (including phenoxy) is 1. The molecule has 2 heterocycles. The molecule has 0 aromatic carbocycles. The van der Waals surface area contributed by atoms with Crippen LogP contribution < -0.4 is 0 Å². The third kappa shape index (κ3) is 2.25. The van der Waals surface area contributed by atoms with Gasteiger partial charge in [-0.1, -0.05) is 5.16 Å². The number of nitrogens with zero attached hydrogens (tertiary/aromatic N) is 2. The molecule has 2 rings (SSSR count). The van der Waals surface area contributed by atoms with Gasteiger partial charge < -0.3 is 9.26 Å². The summed E-state index contributed by atoms with van der Waals surface area (Å²) in [6.45, 7) is 1.52. The topological polar surface area (TPSA) is 48.2 Å². The molecule has 1 saturated heterocycles. The van der Waals surface area contributed by atoms with Gasteiger partial charge in [-0.15, -0.1) is 11.6 Å². The molecule has 14 heavy (non-hydrogen) atoms. The maximum atomic E-state index is 5.58. The fourth-order valence-corrected chi connectivity index (χ4v) is 1.63. The lowest BCUT2D eigenvalue weighted by Gasteiger charge is -1.97. The lowest BCUT2D eigenvalue weighted by Crippen LogP contribution is -2.00. The van der Waals surface area contributed by atoms with Gasteiger partial charge in [0, 0.05) is 24.8 Å². The lowest BCUT2D eigenvalue weighted by atomic mass is 10.1. The van der Waals surface area contributed by atoms with Gasteiger partial charge in [-0.2, -0.15) is 4.98 Å². The van der Waals surface area contributed by atoms with Crippen molar-refractivity contribution in [2.75, 3.05) is 19.1 Å². The molecule has 1 unspecified atom stereocenters. The Hall–Kier alpha value is -0.610. The molecule has 0 amide bonds. The molecule has 1 aromatic rings. The zero-order chi connectivity index (χ0) is 9.80. The number of alkyl halides is 1. The smallest absolute Gasteiger partial charge is 0.226 e. The van der Waals surface area contributed by atoms with E-state index in [9.17, 15) is 0 Å². The first-order valence-corrected chi connectivity index (χ1v) is 5.40. The number of halogens is 1. The van der Waals surface area contributed by atoms with Crippen LogP contribution in [-0.2, 0) is 11.2 Å². The van der Waals surface area contributed by atoms with Crippen molar-refractivity contribution in [3.8, 4) is 0 Å². The van der Waals surface area contributed by atoms with E-state index in [4.69, 9.17) is 20.9 Å². The van der Waals surface area contributed by atoms with Gasteiger partial charge in [-0.05, 0) is 12.8 Å². The SMILES string of the molecule is ClCCCc1nc(C2CCOC2)no1. The first-order valence-electron chi connectivity index (χ1n) is 4.86. The second kappa shape index (κ2) is 4.75. The fourth-order valence-electron chi connectivity index (χ4n) is 1.49. The largest absolute Gasteiger partial charge is 0.381 e. The van der Waals surface area contributed by atoms with Gasteiger partial charge in [0.1, 0.15) is 0 Å². The molecule has 0 saturated carbocycles. The van der Waals surface area contributed by atoms with E-state index in [1.165, 1.54) is 0 Å². The summed E-state index contributed by atoms with van der Waals surface area (Å²) in [5.74, 6) is 2.42. The molecule has 4 nitrogen and oxygen atoms in total. The second-order valence-corrected chi connectivity index (χ2v) is 3.78. The van der Waals surface area contributed by atoms with Gasteiger partial charge >= 0.3 is 0 Å². The molecular weight excluding hydrogens is 204 g/mol. The van der Waals surface area contributed by atoms with Crippen LogP contribution in [0.3, 0.4) is 0 Å². The van der Waals surface area contributed by atoms with Crippen LogP contribution in [0.4, 0.5) is 0 Å². The third-order valence-electron chi connectivity index (χ3n) is 2.30. The Morgan fingerprint density at radius 3 is 3.14 bits per heavy atom. The van der Waals surface area contributed by atoms with Crippen LogP contribution >= 0.6 is 11.6 Å². The van der Waals surface area contributed by atoms with E-state index in [1.54, 1.807) is 0 Å². The molecule has 0 aliphatic carbocycles. The summed E-state index contributed by atoms with van der Waals surface area (Å²) in [5.41, 5.74) is 0. The van der Waals surface area contributed by atoms with Crippen molar-refractivity contribution in [3.05, 3.63) is 11.7 Å². The summed E-state index contributed by atoms with van der Waals surface area (Å²) in [7, 11) is 0. The van der Waals surface area contributed by atoms with E-state index >= 15 is 0 Å². The molecule has 78 valence electrons. The van der Waals surface area contributed by atoms with Gasteiger partial charge in [0.2, 0.25) is 5.89 Å². The Morgan fingerprint density at radius 2 is 2.43 bits per heavy atom. The normalized spacial score (nSPS) is 21.6. The van der Waals surface area contributed by atoms with Gasteiger partial charge in [-0.3, -0.25) is 0 Å². The highest BCUT2D eigenvalue weighted by atomic mass is 35.5. The molecule has 1 aliphatic rings. The minimum atomic E-state index is 0.323. The highest BCUT2D eigenvalue weighted by Crippen LogP contribution is 2.22. The number of hydrogen-bond donors (Lipinski definition) is 0. The minimum absolute atomic E-state index is 0.323. The average Bonchev–Trinajstić information content (AvgIpc) is 2.85. The van der Waals surface area contributed by atoms with Crippen LogP contribution in [0.2, 0.25) is 0 Å². The van der Waals surface area contributed by atoms with E-state index < -0.39 is 0 Å². The maximum absolute atomic E-state index is 5.58. The molecule has 5 heteroatoms. The molecule has 1 atom stereocenters. The molecule has 1 fully saturated rings. The van der Waals surface area contributed by atoms with Crippen LogP contribution in [0.25, 0.3) is 0 Å². The van der Waals surface area contributed by atoms with Crippen LogP contribution in [0.15, 0.2) is 4.52 Å². The molecule has 0 radical (unpaired) electrons. The highest BCUT2D eigenvalue weighted by molar-refractivity contribution is 6.17. The Bertz CT molecular complexity index is 284. The quantitative estimate of drug-likeness (QED) is 0.720. The van der Waals surface area contributed by atoms with Crippen LogP contribution in [0, 0.1) is 0 Å². The predicted octanol–water partition coefficient (Wildman–Crippen LogP) is 1.74. The zero-order valence-electron chi connectivity index (χ0n) is 7.91. The van der Waals surface area contributed by atoms with Gasteiger partial charge in [0.05, 0.1) is 6.61 Å². The van der Waals surface area contributed by atoms with E-state index in [0.717, 1.165) is 31.7 Å². The summed E-state index contributed by atoms with van der Waals surface area (Å²) in [4.78, 5) is 4.31. The van der Waals surface area contributed by atoms with Crippen molar-refractivity contribution in [1.82, 2.24) is 10.1 Å². The second-order valence-electron chi connectivity index (χ2n) is 3.40. The number of hydrogen-bond acceptors (Lipinski definition) is 4. The summed E-state index contributed by atoms with van der Waals surface area (Å²) in [5, 5.41) is 3.94. The van der Waals surface area contributed by atoms with Crippen LogP contribution in [-0.4, -0.2) is 29.2 Å². The number of aromatic nitrogens is 2. The first kappa shape index (κ1) is 9.93. The van der Waals surface area contributed by atoms with Gasteiger partial charge in [-0.25, -0.2) is 0 Å². The van der Waals surface area contributed by atoms with Crippen molar-refractivity contribution in [2.24, 2.45) is 0 Å². The van der Waals surface area contributed by atoms with Crippen molar-refractivity contribution in [1.29, 1.82) is 0 Å². The van der Waals surface area contributed by atoms with E-state index in [1.807, 2.05) is 0 Å². The maximum Gasteiger partial charge on any atom is 0.226 e. The number of aryl methyl sites for hydroxylation is 1. The molecule has 0 bridgehead atoms. The molecule has 0 spiro atoms. The molecule has 1 aromatic heterocycles. The average molecular weight is 217 g/mol. The Labute approximate surface area is 87.6 Å². The molecule has 1 aliphatic heterocycles. The van der Waals surface area contributed by atoms with Crippen molar-refractivity contribution >= 4 is 11.6 Å². The third-order valence-corrected chi connectivity index (χ3v) is 2.57. The summed E-state index contributed by atoms with van der Waals surface area (Å²) in [6, 6.07) is 0. The summed E-state index contributed by atoms with van der Waals surface area (Å²) in [6.07, 6.45) is 2.64. The number of rotatable bonds is 4. The van der Waals surface area contributed by atoms with Gasteiger partial charge in [0.25, 0.3) is 0 Å². The molecule has 0 N–H and O–H groups in total. The van der Waals surface area contributed by atoms with E-state index in [0.29, 0.717) is 24.3 Å². The molecular formula is C9H13ClN2O2. The zero-order valence-corrected chi connectivity index (χ0v) is 8.66. The summed E-state index contributed by atoms with van der Waals surface area (Å²) < 4.78 is 10.4. The van der Waals surface area contributed by atoms with Gasteiger partial charge in [0.15, 0.2) is 5.82 Å². The Kier molecular flexibility index (Phi) is 3.37. The Morgan fingerprint density at radius 1 is 1.50 bits per heavy atom. The van der Waals surface area contributed by atoms with E-state index in [-0.39, 0.29) is 0 Å². The standard InChI is InChI=1S/C9H13ClN2O2/c10-4-1-2-8-11-9(12-14-8)7-3-5-13-6-7/h7H,1-6H2. The monoisotopic (exact) mass is 216 g/mol. The van der Waals surface area contributed by atoms with Crippen LogP contribution in [0.5, 0.6) is 0 Å². The van der Waals surface area contributed by atoms with Crippen LogP contribution in [0.1, 0.15) is 30.5 Å². The lowest BCUT2D eigenvalue weighted by molar-refractivity contribution is 0.192. The first-order chi connectivity index (χ1) is 6.90. The van der Waals surface area contributed by atoms with Crippen molar-refractivity contribution < 1.29 is 9.26 Å². The highest BCUT2D eigenvalue weighted by Gasteiger charge is 2.22.